The second-order valence-corrected chi connectivity index (χ2v) is 8.11. The summed E-state index contributed by atoms with van der Waals surface area (Å²) >= 11 is 0. The number of nitrogens with zero attached hydrogens (tertiary/aromatic N) is 1. The monoisotopic (exact) mass is 382 g/mol. The Kier molecular flexibility index (Phi) is 7.81. The lowest BCUT2D eigenvalue weighted by Crippen LogP contribution is -2.46. The number of nitrogens with one attached hydrogen (secondary N) is 3. The van der Waals surface area contributed by atoms with E-state index in [1.165, 1.54) is 6.33 Å². The fourth-order valence-electron chi connectivity index (χ4n) is 2.04. The summed E-state index contributed by atoms with van der Waals surface area (Å²) in [5, 5.41) is 5.15. The summed E-state index contributed by atoms with van der Waals surface area (Å²) < 4.78 is 10.5. The number of ether oxygens (including phenoxy) is 2. The van der Waals surface area contributed by atoms with E-state index in [0.29, 0.717) is 5.69 Å². The molecule has 1 atom stereocenters. The molecule has 3 N–H and O–H groups in total. The molecule has 0 aliphatic heterocycles. The van der Waals surface area contributed by atoms with Crippen LogP contribution >= 0.6 is 0 Å². The Morgan fingerprint density at radius 1 is 1.11 bits per heavy atom. The predicted octanol–water partition coefficient (Wildman–Crippen LogP) is 1.69. The predicted molar refractivity (Wildman–Crippen MR) is 98.9 cm³/mol. The van der Waals surface area contributed by atoms with E-state index in [4.69, 9.17) is 9.47 Å². The lowest BCUT2D eigenvalue weighted by atomic mass is 10.1. The second kappa shape index (κ2) is 9.38. The van der Waals surface area contributed by atoms with Crippen molar-refractivity contribution in [2.24, 2.45) is 0 Å². The van der Waals surface area contributed by atoms with Crippen LogP contribution in [0.5, 0.6) is 0 Å². The average molecular weight is 382 g/mol. The molecule has 1 aromatic heterocycles. The normalized spacial score (nSPS) is 12.8. The van der Waals surface area contributed by atoms with E-state index in [1.807, 2.05) is 0 Å². The largest absolute Gasteiger partial charge is 0.458 e. The van der Waals surface area contributed by atoms with Gasteiger partial charge in [0.25, 0.3) is 0 Å². The number of imidazole rings is 1. The Morgan fingerprint density at radius 3 is 2.26 bits per heavy atom. The maximum atomic E-state index is 12.4. The van der Waals surface area contributed by atoms with E-state index in [-0.39, 0.29) is 25.3 Å². The third-order valence-corrected chi connectivity index (χ3v) is 3.03. The van der Waals surface area contributed by atoms with Crippen molar-refractivity contribution >= 4 is 18.0 Å². The Morgan fingerprint density at radius 2 is 1.74 bits per heavy atom. The second-order valence-electron chi connectivity index (χ2n) is 8.11. The topological polar surface area (TPSA) is 122 Å². The third-order valence-electron chi connectivity index (χ3n) is 3.03. The number of esters is 1. The Hall–Kier alpha value is -2.58. The van der Waals surface area contributed by atoms with Crippen molar-refractivity contribution in [3.63, 3.8) is 0 Å². The maximum Gasteiger partial charge on any atom is 0.407 e. The molecule has 0 aliphatic rings. The number of hydrogen-bond donors (Lipinski definition) is 3. The highest BCUT2D eigenvalue weighted by molar-refractivity contribution is 5.85. The Labute approximate surface area is 159 Å². The summed E-state index contributed by atoms with van der Waals surface area (Å²) in [7, 11) is 0. The number of alkyl carbamates (subject to hydrolysis) is 1. The van der Waals surface area contributed by atoms with Gasteiger partial charge in [0.2, 0.25) is 5.91 Å². The van der Waals surface area contributed by atoms with E-state index in [9.17, 15) is 14.4 Å². The number of hydrogen-bond acceptors (Lipinski definition) is 6. The number of rotatable bonds is 7. The van der Waals surface area contributed by atoms with Crippen LogP contribution < -0.4 is 10.6 Å². The van der Waals surface area contributed by atoms with Crippen molar-refractivity contribution in [1.82, 2.24) is 20.6 Å². The van der Waals surface area contributed by atoms with E-state index in [2.05, 4.69) is 20.6 Å². The summed E-state index contributed by atoms with van der Waals surface area (Å²) in [6, 6.07) is -0.862. The molecule has 0 spiro atoms. The van der Waals surface area contributed by atoms with Crippen LogP contribution in [0.1, 0.15) is 53.7 Å². The van der Waals surface area contributed by atoms with Gasteiger partial charge in [0, 0.05) is 31.3 Å². The van der Waals surface area contributed by atoms with E-state index in [0.717, 1.165) is 0 Å². The smallest absolute Gasteiger partial charge is 0.407 e. The molecular weight excluding hydrogens is 352 g/mol. The number of carbonyl (C=O) groups is 3. The zero-order chi connectivity index (χ0) is 20.7. The average Bonchev–Trinajstić information content (AvgIpc) is 2.95. The quantitative estimate of drug-likeness (QED) is 0.617. The van der Waals surface area contributed by atoms with Crippen LogP contribution in [0.25, 0.3) is 0 Å². The van der Waals surface area contributed by atoms with Crippen LogP contribution in [0.15, 0.2) is 12.5 Å². The number of H-pyrrole nitrogens is 1. The minimum atomic E-state index is -0.862. The first-order valence-electron chi connectivity index (χ1n) is 8.82. The fourth-order valence-corrected chi connectivity index (χ4v) is 2.04. The summed E-state index contributed by atoms with van der Waals surface area (Å²) in [5.41, 5.74) is -0.595. The molecule has 27 heavy (non-hydrogen) atoms. The summed E-state index contributed by atoms with van der Waals surface area (Å²) in [6.07, 6.45) is 2.69. The van der Waals surface area contributed by atoms with Crippen molar-refractivity contribution in [2.75, 3.05) is 6.54 Å². The molecule has 0 saturated carbocycles. The standard InChI is InChI=1S/C18H30N4O5/c1-17(2,3)26-15(24)13(9-12-10-19-11-21-12)22-14(23)7-8-20-16(25)27-18(4,5)6/h10-11,13H,7-9H2,1-6H3,(H,19,21)(H,20,25)(H,22,23)/t13-/m0/s1. The van der Waals surface area contributed by atoms with Crippen molar-refractivity contribution in [3.05, 3.63) is 18.2 Å². The van der Waals surface area contributed by atoms with Gasteiger partial charge in [0.05, 0.1) is 6.33 Å². The molecule has 0 bridgehead atoms. The first-order chi connectivity index (χ1) is 12.4. The van der Waals surface area contributed by atoms with Crippen LogP contribution in [0.4, 0.5) is 4.79 Å². The number of carbonyl (C=O) groups excluding carboxylic acids is 3. The van der Waals surface area contributed by atoms with Crippen molar-refractivity contribution in [1.29, 1.82) is 0 Å². The highest BCUT2D eigenvalue weighted by atomic mass is 16.6. The van der Waals surface area contributed by atoms with E-state index < -0.39 is 29.3 Å². The van der Waals surface area contributed by atoms with Gasteiger partial charge in [-0.1, -0.05) is 0 Å². The Balaban J connectivity index is 2.57. The summed E-state index contributed by atoms with van der Waals surface area (Å²) in [6.45, 7) is 10.6. The molecule has 1 aromatic rings. The molecular formula is C18H30N4O5. The van der Waals surface area contributed by atoms with Gasteiger partial charge in [-0.3, -0.25) is 4.79 Å². The number of aromatic amines is 1. The lowest BCUT2D eigenvalue weighted by Gasteiger charge is -2.24. The van der Waals surface area contributed by atoms with Crippen molar-refractivity contribution in [2.45, 2.75) is 71.6 Å². The third kappa shape index (κ3) is 10.2. The van der Waals surface area contributed by atoms with Gasteiger partial charge in [0.1, 0.15) is 17.2 Å². The van der Waals surface area contributed by atoms with Gasteiger partial charge in [-0.25, -0.2) is 14.6 Å². The van der Waals surface area contributed by atoms with Crippen LogP contribution in [-0.2, 0) is 25.5 Å². The first-order valence-corrected chi connectivity index (χ1v) is 8.82. The molecule has 9 heteroatoms. The molecule has 2 amide bonds. The maximum absolute atomic E-state index is 12.4. The van der Waals surface area contributed by atoms with Crippen LogP contribution in [0.2, 0.25) is 0 Å². The van der Waals surface area contributed by atoms with E-state index >= 15 is 0 Å². The molecule has 0 unspecified atom stereocenters. The molecule has 0 fully saturated rings. The molecule has 0 aliphatic carbocycles. The minimum Gasteiger partial charge on any atom is -0.458 e. The molecule has 1 heterocycles. The van der Waals surface area contributed by atoms with Crippen LogP contribution in [0, 0.1) is 0 Å². The number of aromatic nitrogens is 2. The first kappa shape index (κ1) is 22.5. The SMILES string of the molecule is CC(C)(C)OC(=O)NCCC(=O)N[C@@H](Cc1cnc[nH]1)C(=O)OC(C)(C)C. The zero-order valence-electron chi connectivity index (χ0n) is 16.8. The van der Waals surface area contributed by atoms with Gasteiger partial charge in [-0.2, -0.15) is 0 Å². The molecule has 0 radical (unpaired) electrons. The van der Waals surface area contributed by atoms with Gasteiger partial charge < -0.3 is 25.1 Å². The molecule has 9 nitrogen and oxygen atoms in total. The van der Waals surface area contributed by atoms with Crippen molar-refractivity contribution < 1.29 is 23.9 Å². The van der Waals surface area contributed by atoms with Gasteiger partial charge in [-0.05, 0) is 41.5 Å². The highest BCUT2D eigenvalue weighted by Gasteiger charge is 2.27. The Bertz CT molecular complexity index is 629. The summed E-state index contributed by atoms with van der Waals surface area (Å²) in [5.74, 6) is -0.924. The fraction of sp³-hybridized carbons (Fsp3) is 0.667. The highest BCUT2D eigenvalue weighted by Crippen LogP contribution is 2.11. The van der Waals surface area contributed by atoms with Crippen LogP contribution in [-0.4, -0.2) is 51.7 Å². The molecule has 0 saturated heterocycles. The van der Waals surface area contributed by atoms with Crippen LogP contribution in [0.3, 0.4) is 0 Å². The van der Waals surface area contributed by atoms with Gasteiger partial charge in [0.15, 0.2) is 0 Å². The molecule has 0 aromatic carbocycles. The van der Waals surface area contributed by atoms with Gasteiger partial charge >= 0.3 is 12.1 Å². The zero-order valence-corrected chi connectivity index (χ0v) is 16.8. The lowest BCUT2D eigenvalue weighted by molar-refractivity contribution is -0.158. The summed E-state index contributed by atoms with van der Waals surface area (Å²) in [4.78, 5) is 43.0. The minimum absolute atomic E-state index is 0.00150. The number of amides is 2. The molecule has 1 rings (SSSR count). The van der Waals surface area contributed by atoms with Crippen molar-refractivity contribution in [3.8, 4) is 0 Å². The molecule has 152 valence electrons. The van der Waals surface area contributed by atoms with Gasteiger partial charge in [-0.15, -0.1) is 0 Å². The van der Waals surface area contributed by atoms with E-state index in [1.54, 1.807) is 47.7 Å².